The molecule has 0 aliphatic carbocycles. The summed E-state index contributed by atoms with van der Waals surface area (Å²) in [6, 6.07) is 9.39. The normalized spacial score (nSPS) is 18.7. The van der Waals surface area contributed by atoms with Gasteiger partial charge in [0.05, 0.1) is 11.4 Å². The molecule has 3 rings (SSSR count). The van der Waals surface area contributed by atoms with E-state index in [2.05, 4.69) is 20.4 Å². The van der Waals surface area contributed by atoms with Crippen LogP contribution < -0.4 is 10.2 Å². The monoisotopic (exact) mass is 274 g/mol. The van der Waals surface area contributed by atoms with Crippen LogP contribution in [0.3, 0.4) is 0 Å². The standard InChI is InChI=1S/C15H19FN4/c1-11-8-13(19-18-11)9-17-12-6-7-20(10-12)15-5-3-2-4-14(15)16/h2-5,8,12,17H,6-7,9-10H2,1H3,(H,18,19). The Morgan fingerprint density at radius 3 is 3.05 bits per heavy atom. The van der Waals surface area contributed by atoms with Gasteiger partial charge in [0.15, 0.2) is 0 Å². The number of hydrogen-bond acceptors (Lipinski definition) is 3. The summed E-state index contributed by atoms with van der Waals surface area (Å²) in [6.45, 7) is 4.47. The molecule has 4 nitrogen and oxygen atoms in total. The van der Waals surface area contributed by atoms with Crippen LogP contribution >= 0.6 is 0 Å². The summed E-state index contributed by atoms with van der Waals surface area (Å²) in [6.07, 6.45) is 1.03. The third kappa shape index (κ3) is 2.82. The smallest absolute Gasteiger partial charge is 0.146 e. The second-order valence-electron chi connectivity index (χ2n) is 5.31. The van der Waals surface area contributed by atoms with Crippen molar-refractivity contribution in [2.75, 3.05) is 18.0 Å². The van der Waals surface area contributed by atoms with Crippen molar-refractivity contribution in [2.24, 2.45) is 0 Å². The third-order valence-corrected chi connectivity index (χ3v) is 3.71. The van der Waals surface area contributed by atoms with Gasteiger partial charge in [-0.15, -0.1) is 0 Å². The molecule has 0 saturated carbocycles. The molecule has 0 radical (unpaired) electrons. The van der Waals surface area contributed by atoms with E-state index in [1.54, 1.807) is 6.07 Å². The van der Waals surface area contributed by atoms with Gasteiger partial charge in [0.25, 0.3) is 0 Å². The molecule has 2 aromatic rings. The summed E-state index contributed by atoms with van der Waals surface area (Å²) in [5, 5.41) is 10.6. The first-order chi connectivity index (χ1) is 9.72. The molecule has 1 aromatic heterocycles. The Hall–Kier alpha value is -1.88. The number of nitrogens with one attached hydrogen (secondary N) is 2. The Labute approximate surface area is 118 Å². The maximum atomic E-state index is 13.7. The molecule has 2 heterocycles. The Bertz CT molecular complexity index is 581. The van der Waals surface area contributed by atoms with E-state index in [-0.39, 0.29) is 5.82 Å². The molecule has 5 heteroatoms. The predicted octanol–water partition coefficient (Wildman–Crippen LogP) is 2.23. The second kappa shape index (κ2) is 5.63. The molecular weight excluding hydrogens is 255 g/mol. The number of aryl methyl sites for hydroxylation is 1. The van der Waals surface area contributed by atoms with Crippen LogP contribution in [-0.4, -0.2) is 29.3 Å². The lowest BCUT2D eigenvalue weighted by molar-refractivity contribution is 0.544. The molecule has 1 aromatic carbocycles. The molecule has 0 amide bonds. The van der Waals surface area contributed by atoms with Crippen LogP contribution in [0, 0.1) is 12.7 Å². The summed E-state index contributed by atoms with van der Waals surface area (Å²) in [5.41, 5.74) is 2.79. The van der Waals surface area contributed by atoms with Crippen LogP contribution in [-0.2, 0) is 6.54 Å². The molecule has 0 bridgehead atoms. The van der Waals surface area contributed by atoms with Crippen molar-refractivity contribution in [1.29, 1.82) is 0 Å². The van der Waals surface area contributed by atoms with E-state index in [4.69, 9.17) is 0 Å². The van der Waals surface area contributed by atoms with Crippen molar-refractivity contribution < 1.29 is 4.39 Å². The van der Waals surface area contributed by atoms with Crippen LogP contribution in [0.25, 0.3) is 0 Å². The number of nitrogens with zero attached hydrogens (tertiary/aromatic N) is 2. The number of aromatic nitrogens is 2. The van der Waals surface area contributed by atoms with Crippen molar-refractivity contribution in [3.63, 3.8) is 0 Å². The fourth-order valence-corrected chi connectivity index (χ4v) is 2.67. The number of H-pyrrole nitrogens is 1. The molecule has 1 aliphatic heterocycles. The van der Waals surface area contributed by atoms with Gasteiger partial charge >= 0.3 is 0 Å². The molecule has 1 atom stereocenters. The number of anilines is 1. The minimum Gasteiger partial charge on any atom is -0.368 e. The minimum atomic E-state index is -0.143. The van der Waals surface area contributed by atoms with Gasteiger partial charge in [0.1, 0.15) is 5.82 Å². The highest BCUT2D eigenvalue weighted by atomic mass is 19.1. The van der Waals surface area contributed by atoms with E-state index in [9.17, 15) is 4.39 Å². The fraction of sp³-hybridized carbons (Fsp3) is 0.400. The van der Waals surface area contributed by atoms with Crippen molar-refractivity contribution >= 4 is 5.69 Å². The first-order valence-corrected chi connectivity index (χ1v) is 6.96. The number of para-hydroxylation sites is 1. The summed E-state index contributed by atoms with van der Waals surface area (Å²) in [7, 11) is 0. The van der Waals surface area contributed by atoms with Gasteiger partial charge in [0, 0.05) is 31.4 Å². The van der Waals surface area contributed by atoms with Gasteiger partial charge in [-0.25, -0.2) is 4.39 Å². The van der Waals surface area contributed by atoms with E-state index in [1.165, 1.54) is 6.07 Å². The van der Waals surface area contributed by atoms with Crippen LogP contribution in [0.2, 0.25) is 0 Å². The van der Waals surface area contributed by atoms with E-state index in [1.807, 2.05) is 25.1 Å². The van der Waals surface area contributed by atoms with Crippen molar-refractivity contribution in [1.82, 2.24) is 15.5 Å². The molecule has 2 N–H and O–H groups in total. The topological polar surface area (TPSA) is 44.0 Å². The average Bonchev–Trinajstić information content (AvgIpc) is 3.06. The van der Waals surface area contributed by atoms with Gasteiger partial charge in [-0.1, -0.05) is 12.1 Å². The van der Waals surface area contributed by atoms with Crippen molar-refractivity contribution in [2.45, 2.75) is 25.9 Å². The van der Waals surface area contributed by atoms with Gasteiger partial charge < -0.3 is 10.2 Å². The number of aromatic amines is 1. The van der Waals surface area contributed by atoms with Gasteiger partial charge in [-0.3, -0.25) is 5.10 Å². The molecule has 0 spiro atoms. The largest absolute Gasteiger partial charge is 0.368 e. The zero-order valence-electron chi connectivity index (χ0n) is 11.6. The Balaban J connectivity index is 1.56. The van der Waals surface area contributed by atoms with Gasteiger partial charge in [0.2, 0.25) is 0 Å². The first kappa shape index (κ1) is 13.1. The number of rotatable bonds is 4. The molecule has 1 aliphatic rings. The SMILES string of the molecule is Cc1cc(CNC2CCN(c3ccccc3F)C2)n[nH]1. The summed E-state index contributed by atoms with van der Waals surface area (Å²) >= 11 is 0. The maximum absolute atomic E-state index is 13.7. The van der Waals surface area contributed by atoms with Gasteiger partial charge in [-0.2, -0.15) is 5.10 Å². The quantitative estimate of drug-likeness (QED) is 0.898. The molecule has 1 fully saturated rings. The van der Waals surface area contributed by atoms with E-state index in [0.29, 0.717) is 11.7 Å². The van der Waals surface area contributed by atoms with Crippen LogP contribution in [0.15, 0.2) is 30.3 Å². The highest BCUT2D eigenvalue weighted by molar-refractivity contribution is 5.48. The summed E-state index contributed by atoms with van der Waals surface area (Å²) in [4.78, 5) is 2.10. The van der Waals surface area contributed by atoms with Crippen LogP contribution in [0.4, 0.5) is 10.1 Å². The van der Waals surface area contributed by atoms with Crippen LogP contribution in [0.1, 0.15) is 17.8 Å². The van der Waals surface area contributed by atoms with Gasteiger partial charge in [-0.05, 0) is 31.5 Å². The lowest BCUT2D eigenvalue weighted by atomic mass is 10.2. The molecule has 1 unspecified atom stereocenters. The highest BCUT2D eigenvalue weighted by Crippen LogP contribution is 2.23. The van der Waals surface area contributed by atoms with E-state index in [0.717, 1.165) is 37.4 Å². The summed E-state index contributed by atoms with van der Waals surface area (Å²) in [5.74, 6) is -0.143. The average molecular weight is 274 g/mol. The van der Waals surface area contributed by atoms with E-state index < -0.39 is 0 Å². The Morgan fingerprint density at radius 1 is 1.45 bits per heavy atom. The highest BCUT2D eigenvalue weighted by Gasteiger charge is 2.23. The minimum absolute atomic E-state index is 0.143. The Morgan fingerprint density at radius 2 is 2.30 bits per heavy atom. The lowest BCUT2D eigenvalue weighted by Gasteiger charge is -2.19. The number of benzene rings is 1. The van der Waals surface area contributed by atoms with E-state index >= 15 is 0 Å². The van der Waals surface area contributed by atoms with Crippen molar-refractivity contribution in [3.8, 4) is 0 Å². The molecule has 106 valence electrons. The maximum Gasteiger partial charge on any atom is 0.146 e. The molecule has 20 heavy (non-hydrogen) atoms. The predicted molar refractivity (Wildman–Crippen MR) is 77.2 cm³/mol. The van der Waals surface area contributed by atoms with Crippen molar-refractivity contribution in [3.05, 3.63) is 47.5 Å². The fourth-order valence-electron chi connectivity index (χ4n) is 2.67. The summed E-state index contributed by atoms with van der Waals surface area (Å²) < 4.78 is 13.7. The zero-order chi connectivity index (χ0) is 13.9. The second-order valence-corrected chi connectivity index (χ2v) is 5.31. The zero-order valence-corrected chi connectivity index (χ0v) is 11.6. The third-order valence-electron chi connectivity index (χ3n) is 3.71. The first-order valence-electron chi connectivity index (χ1n) is 6.96. The molecular formula is C15H19FN4. The Kier molecular flexibility index (Phi) is 3.69. The number of hydrogen-bond donors (Lipinski definition) is 2. The number of halogens is 1. The lowest BCUT2D eigenvalue weighted by Crippen LogP contribution is -2.32. The molecule has 1 saturated heterocycles. The van der Waals surface area contributed by atoms with Crippen LogP contribution in [0.5, 0.6) is 0 Å².